The Bertz CT molecular complexity index is 1250. The number of pyridine rings is 1. The summed E-state index contributed by atoms with van der Waals surface area (Å²) in [4.78, 5) is 18.7. The number of hydrogen-bond acceptors (Lipinski definition) is 9. The van der Waals surface area contributed by atoms with Crippen LogP contribution in [-0.4, -0.2) is 49.1 Å². The average Bonchev–Trinajstić information content (AvgIpc) is 3.20. The Balaban J connectivity index is 1.44. The Labute approximate surface area is 182 Å². The van der Waals surface area contributed by atoms with E-state index in [1.54, 1.807) is 23.6 Å². The average molecular weight is 436 g/mol. The molecule has 0 aliphatic carbocycles. The number of nitrogens with zero attached hydrogens (tertiary/aromatic N) is 7. The van der Waals surface area contributed by atoms with Gasteiger partial charge < -0.3 is 10.0 Å². The van der Waals surface area contributed by atoms with Gasteiger partial charge in [0, 0.05) is 23.4 Å². The van der Waals surface area contributed by atoms with Gasteiger partial charge in [-0.2, -0.15) is 14.5 Å². The highest BCUT2D eigenvalue weighted by atomic mass is 32.2. The van der Waals surface area contributed by atoms with Gasteiger partial charge in [0.1, 0.15) is 6.04 Å². The first-order valence-electron chi connectivity index (χ1n) is 10.2. The van der Waals surface area contributed by atoms with E-state index in [4.69, 9.17) is 0 Å². The van der Waals surface area contributed by atoms with Crippen molar-refractivity contribution < 1.29 is 5.11 Å². The molecule has 1 unspecified atom stereocenters. The topological polar surface area (TPSA) is 109 Å². The van der Waals surface area contributed by atoms with E-state index in [0.29, 0.717) is 16.5 Å². The first-order valence-corrected chi connectivity index (χ1v) is 11.0. The van der Waals surface area contributed by atoms with Gasteiger partial charge in [-0.15, -0.1) is 10.2 Å². The quantitative estimate of drug-likeness (QED) is 0.474. The smallest absolute Gasteiger partial charge is 0.217 e. The highest BCUT2D eigenvalue weighted by Gasteiger charge is 2.18. The lowest BCUT2D eigenvalue weighted by molar-refractivity contribution is 0.145. The van der Waals surface area contributed by atoms with Crippen molar-refractivity contribution in [1.82, 2.24) is 24.8 Å². The van der Waals surface area contributed by atoms with Crippen LogP contribution in [0.2, 0.25) is 0 Å². The van der Waals surface area contributed by atoms with Crippen LogP contribution in [0.4, 0.5) is 5.69 Å². The number of aliphatic hydroxyl groups excluding tert-OH is 1. The zero-order valence-electron chi connectivity index (χ0n) is 16.9. The predicted octanol–water partition coefficient (Wildman–Crippen LogP) is 3.61. The van der Waals surface area contributed by atoms with Crippen molar-refractivity contribution in [2.45, 2.75) is 42.0 Å². The van der Waals surface area contributed by atoms with E-state index in [1.165, 1.54) is 11.8 Å². The molecule has 0 spiro atoms. The summed E-state index contributed by atoms with van der Waals surface area (Å²) in [6.45, 7) is 3.36. The SMILES string of the molecule is CC(N=O)c1ccc2nnc(Sc3ccc4ncc(N5CCC(O)CC5)cc4c3)n2n1. The second-order valence-corrected chi connectivity index (χ2v) is 8.70. The zero-order chi connectivity index (χ0) is 21.4. The zero-order valence-corrected chi connectivity index (χ0v) is 17.7. The summed E-state index contributed by atoms with van der Waals surface area (Å²) < 4.78 is 1.64. The lowest BCUT2D eigenvalue weighted by Crippen LogP contribution is -2.35. The molecule has 0 radical (unpaired) electrons. The molecule has 1 atom stereocenters. The largest absolute Gasteiger partial charge is 0.393 e. The predicted molar refractivity (Wildman–Crippen MR) is 118 cm³/mol. The third kappa shape index (κ3) is 3.96. The fourth-order valence-corrected chi connectivity index (χ4v) is 4.52. The Kier molecular flexibility index (Phi) is 5.24. The molecular formula is C21H21N7O2S. The van der Waals surface area contributed by atoms with Gasteiger partial charge >= 0.3 is 0 Å². The molecule has 5 rings (SSSR count). The van der Waals surface area contributed by atoms with E-state index in [9.17, 15) is 10.0 Å². The van der Waals surface area contributed by atoms with Crippen molar-refractivity contribution in [3.8, 4) is 0 Å². The first-order chi connectivity index (χ1) is 15.1. The third-order valence-electron chi connectivity index (χ3n) is 5.52. The number of rotatable bonds is 5. The molecule has 1 aliphatic heterocycles. The molecule has 1 aromatic carbocycles. The lowest BCUT2D eigenvalue weighted by Gasteiger charge is -2.31. The van der Waals surface area contributed by atoms with Crippen molar-refractivity contribution in [1.29, 1.82) is 0 Å². The van der Waals surface area contributed by atoms with E-state index in [0.717, 1.165) is 47.4 Å². The van der Waals surface area contributed by atoms with E-state index < -0.39 is 6.04 Å². The fourth-order valence-electron chi connectivity index (χ4n) is 3.69. The maximum atomic E-state index is 10.9. The van der Waals surface area contributed by atoms with Gasteiger partial charge in [0.25, 0.3) is 0 Å². The molecule has 1 fully saturated rings. The molecule has 10 heteroatoms. The number of benzene rings is 1. The summed E-state index contributed by atoms with van der Waals surface area (Å²) in [7, 11) is 0. The number of hydrogen-bond donors (Lipinski definition) is 1. The van der Waals surface area contributed by atoms with Gasteiger partial charge in [-0.05, 0) is 67.9 Å². The van der Waals surface area contributed by atoms with E-state index in [1.807, 2.05) is 18.3 Å². The summed E-state index contributed by atoms with van der Waals surface area (Å²) >= 11 is 1.45. The molecule has 0 amide bonds. The van der Waals surface area contributed by atoms with Crippen LogP contribution < -0.4 is 4.90 Å². The molecule has 1 saturated heterocycles. The van der Waals surface area contributed by atoms with Gasteiger partial charge in [0.05, 0.1) is 29.2 Å². The van der Waals surface area contributed by atoms with Crippen molar-refractivity contribution in [2.75, 3.05) is 18.0 Å². The third-order valence-corrected chi connectivity index (χ3v) is 6.44. The summed E-state index contributed by atoms with van der Waals surface area (Å²) in [5.74, 6) is 0. The second kappa shape index (κ2) is 8.20. The minimum Gasteiger partial charge on any atom is -0.393 e. The van der Waals surface area contributed by atoms with Gasteiger partial charge in [-0.1, -0.05) is 5.18 Å². The maximum absolute atomic E-state index is 10.9. The monoisotopic (exact) mass is 435 g/mol. The molecule has 4 aromatic rings. The van der Waals surface area contributed by atoms with Crippen LogP contribution in [0.1, 0.15) is 31.5 Å². The second-order valence-electron chi connectivity index (χ2n) is 7.66. The van der Waals surface area contributed by atoms with Gasteiger partial charge in [0.2, 0.25) is 5.16 Å². The number of anilines is 1. The van der Waals surface area contributed by atoms with Crippen molar-refractivity contribution in [3.63, 3.8) is 0 Å². The van der Waals surface area contributed by atoms with Crippen molar-refractivity contribution >= 4 is 34.0 Å². The Morgan fingerprint density at radius 1 is 1.16 bits per heavy atom. The lowest BCUT2D eigenvalue weighted by atomic mass is 10.1. The molecule has 0 saturated carbocycles. The molecule has 158 valence electrons. The standard InChI is InChI=1S/C21H21N7O2S/c1-13(26-30)18-4-5-20-23-24-21(28(20)25-18)31-17-2-3-19-14(11-17)10-15(12-22-19)27-8-6-16(29)7-9-27/h2-5,10-13,16,29H,6-9H2,1H3. The van der Waals surface area contributed by atoms with Gasteiger partial charge in [-0.25, -0.2) is 0 Å². The van der Waals surface area contributed by atoms with Crippen LogP contribution in [0.15, 0.2) is 57.8 Å². The summed E-state index contributed by atoms with van der Waals surface area (Å²) in [5, 5.41) is 27.4. The minimum absolute atomic E-state index is 0.204. The minimum atomic E-state index is -0.536. The summed E-state index contributed by atoms with van der Waals surface area (Å²) in [5.41, 5.74) is 3.17. The van der Waals surface area contributed by atoms with Crippen LogP contribution >= 0.6 is 11.8 Å². The van der Waals surface area contributed by atoms with Crippen molar-refractivity contribution in [3.05, 3.63) is 53.2 Å². The van der Waals surface area contributed by atoms with Crippen LogP contribution in [0.3, 0.4) is 0 Å². The number of piperidine rings is 1. The maximum Gasteiger partial charge on any atom is 0.217 e. The Hall–Kier alpha value is -3.11. The number of aromatic nitrogens is 5. The first kappa shape index (κ1) is 19.8. The van der Waals surface area contributed by atoms with E-state index in [2.05, 4.69) is 42.5 Å². The van der Waals surface area contributed by atoms with Gasteiger partial charge in [0.15, 0.2) is 5.65 Å². The normalized spacial score (nSPS) is 16.1. The molecule has 0 bridgehead atoms. The molecule has 3 aromatic heterocycles. The Morgan fingerprint density at radius 3 is 2.81 bits per heavy atom. The number of fused-ring (bicyclic) bond motifs is 2. The van der Waals surface area contributed by atoms with E-state index >= 15 is 0 Å². The number of aliphatic hydroxyl groups is 1. The molecular weight excluding hydrogens is 414 g/mol. The molecule has 9 nitrogen and oxygen atoms in total. The fraction of sp³-hybridized carbons (Fsp3) is 0.333. The van der Waals surface area contributed by atoms with Crippen LogP contribution in [0.25, 0.3) is 16.6 Å². The summed E-state index contributed by atoms with van der Waals surface area (Å²) in [6.07, 6.45) is 3.25. The molecule has 4 heterocycles. The van der Waals surface area contributed by atoms with Crippen LogP contribution in [-0.2, 0) is 0 Å². The molecule has 1 aliphatic rings. The van der Waals surface area contributed by atoms with Gasteiger partial charge in [-0.3, -0.25) is 4.98 Å². The van der Waals surface area contributed by atoms with Crippen LogP contribution in [0, 0.1) is 4.91 Å². The number of nitroso groups, excluding NO2 is 1. The summed E-state index contributed by atoms with van der Waals surface area (Å²) in [6, 6.07) is 11.2. The highest BCUT2D eigenvalue weighted by Crippen LogP contribution is 2.31. The Morgan fingerprint density at radius 2 is 2.00 bits per heavy atom. The van der Waals surface area contributed by atoms with Crippen LogP contribution in [0.5, 0.6) is 0 Å². The molecule has 1 N–H and O–H groups in total. The molecule has 31 heavy (non-hydrogen) atoms. The van der Waals surface area contributed by atoms with E-state index in [-0.39, 0.29) is 6.10 Å². The van der Waals surface area contributed by atoms with Crippen molar-refractivity contribution in [2.24, 2.45) is 5.18 Å². The highest BCUT2D eigenvalue weighted by molar-refractivity contribution is 7.99.